The van der Waals surface area contributed by atoms with E-state index in [2.05, 4.69) is 24.1 Å². The number of phenolic OH excluding ortho intramolecular Hbond substituents is 1. The van der Waals surface area contributed by atoms with E-state index in [1.807, 2.05) is 13.0 Å². The molecule has 1 aliphatic rings. The minimum Gasteiger partial charge on any atom is -0.508 e. The molecule has 2 N–H and O–H groups in total. The van der Waals surface area contributed by atoms with Gasteiger partial charge in [0.25, 0.3) is 0 Å². The Morgan fingerprint density at radius 1 is 1.38 bits per heavy atom. The molecule has 0 fully saturated rings. The van der Waals surface area contributed by atoms with Gasteiger partial charge in [0.1, 0.15) is 11.5 Å². The molecular formula is C17H22N2O2. The summed E-state index contributed by atoms with van der Waals surface area (Å²) in [5, 5.41) is 13.7. The van der Waals surface area contributed by atoms with Crippen molar-refractivity contribution >= 4 is 0 Å². The molecule has 1 aromatic carbocycles. The van der Waals surface area contributed by atoms with Crippen molar-refractivity contribution in [2.45, 2.75) is 52.1 Å². The summed E-state index contributed by atoms with van der Waals surface area (Å²) in [4.78, 5) is 4.27. The van der Waals surface area contributed by atoms with Gasteiger partial charge in [-0.1, -0.05) is 19.9 Å². The smallest absolute Gasteiger partial charge is 0.208 e. The predicted molar refractivity (Wildman–Crippen MR) is 81.3 cm³/mol. The molecule has 0 aliphatic heterocycles. The summed E-state index contributed by atoms with van der Waals surface area (Å²) in [7, 11) is 0. The topological polar surface area (TPSA) is 58.3 Å². The molecule has 2 atom stereocenters. The minimum absolute atomic E-state index is 0.159. The molecule has 4 heteroatoms. The fourth-order valence-corrected chi connectivity index (χ4v) is 3.33. The molecule has 1 aromatic heterocycles. The van der Waals surface area contributed by atoms with Crippen LogP contribution in [-0.4, -0.2) is 10.1 Å². The summed E-state index contributed by atoms with van der Waals surface area (Å²) in [6.07, 6.45) is 3.63. The molecule has 21 heavy (non-hydrogen) atoms. The van der Waals surface area contributed by atoms with Crippen molar-refractivity contribution in [3.05, 3.63) is 46.7 Å². The van der Waals surface area contributed by atoms with Crippen LogP contribution < -0.4 is 5.32 Å². The zero-order valence-electron chi connectivity index (χ0n) is 12.8. The van der Waals surface area contributed by atoms with E-state index in [0.717, 1.165) is 24.2 Å². The van der Waals surface area contributed by atoms with E-state index < -0.39 is 0 Å². The maximum absolute atomic E-state index is 10.2. The SMILES string of the molecule is CCc1cnc(CNC2CC(C)c3c(C)ccc(O)c32)o1. The van der Waals surface area contributed by atoms with Crippen LogP contribution in [0.25, 0.3) is 0 Å². The van der Waals surface area contributed by atoms with Crippen molar-refractivity contribution in [1.29, 1.82) is 0 Å². The van der Waals surface area contributed by atoms with E-state index in [4.69, 9.17) is 4.42 Å². The van der Waals surface area contributed by atoms with Crippen LogP contribution in [0.1, 0.15) is 60.6 Å². The highest BCUT2D eigenvalue weighted by Crippen LogP contribution is 2.45. The first-order chi connectivity index (χ1) is 10.1. The molecule has 0 amide bonds. The number of nitrogens with zero attached hydrogens (tertiary/aromatic N) is 1. The summed E-state index contributed by atoms with van der Waals surface area (Å²) < 4.78 is 5.63. The average Bonchev–Trinajstić information content (AvgIpc) is 3.05. The van der Waals surface area contributed by atoms with Crippen LogP contribution >= 0.6 is 0 Å². The van der Waals surface area contributed by atoms with E-state index in [1.165, 1.54) is 11.1 Å². The Morgan fingerprint density at radius 2 is 2.19 bits per heavy atom. The molecule has 0 radical (unpaired) electrons. The van der Waals surface area contributed by atoms with Gasteiger partial charge in [-0.2, -0.15) is 0 Å². The highest BCUT2D eigenvalue weighted by atomic mass is 16.4. The summed E-state index contributed by atoms with van der Waals surface area (Å²) in [6, 6.07) is 3.95. The molecule has 0 bridgehead atoms. The molecule has 0 saturated heterocycles. The third-order valence-electron chi connectivity index (χ3n) is 4.36. The van der Waals surface area contributed by atoms with Crippen LogP contribution in [0.5, 0.6) is 5.75 Å². The highest BCUT2D eigenvalue weighted by molar-refractivity contribution is 5.50. The van der Waals surface area contributed by atoms with Gasteiger partial charge < -0.3 is 14.8 Å². The predicted octanol–water partition coefficient (Wildman–Crippen LogP) is 3.59. The van der Waals surface area contributed by atoms with E-state index in [0.29, 0.717) is 24.1 Å². The van der Waals surface area contributed by atoms with Gasteiger partial charge in [-0.05, 0) is 36.5 Å². The quantitative estimate of drug-likeness (QED) is 0.901. The number of nitrogens with one attached hydrogen (secondary N) is 1. The van der Waals surface area contributed by atoms with Crippen LogP contribution in [-0.2, 0) is 13.0 Å². The standard InChI is InChI=1S/C17H22N2O2/c1-4-12-8-19-15(21-12)9-18-13-7-11(3)16-10(2)5-6-14(20)17(13)16/h5-6,8,11,13,18,20H,4,7,9H2,1-3H3. The lowest BCUT2D eigenvalue weighted by atomic mass is 9.97. The van der Waals surface area contributed by atoms with Gasteiger partial charge in [0.05, 0.1) is 12.7 Å². The van der Waals surface area contributed by atoms with Crippen LogP contribution in [0.15, 0.2) is 22.7 Å². The second kappa shape index (κ2) is 5.53. The maximum atomic E-state index is 10.2. The Hall–Kier alpha value is -1.81. The van der Waals surface area contributed by atoms with Gasteiger partial charge in [-0.25, -0.2) is 4.98 Å². The monoisotopic (exact) mass is 286 g/mol. The van der Waals surface area contributed by atoms with Gasteiger partial charge >= 0.3 is 0 Å². The Morgan fingerprint density at radius 3 is 2.90 bits per heavy atom. The normalized spacial score (nSPS) is 20.7. The number of hydrogen-bond donors (Lipinski definition) is 2. The lowest BCUT2D eigenvalue weighted by molar-refractivity contribution is 0.403. The van der Waals surface area contributed by atoms with Crippen LogP contribution in [0.2, 0.25) is 0 Å². The first-order valence-electron chi connectivity index (χ1n) is 7.59. The fourth-order valence-electron chi connectivity index (χ4n) is 3.33. The lowest BCUT2D eigenvalue weighted by Crippen LogP contribution is -2.19. The van der Waals surface area contributed by atoms with Crippen molar-refractivity contribution in [2.24, 2.45) is 0 Å². The number of phenols is 1. The first kappa shape index (κ1) is 14.1. The number of aromatic hydroxyl groups is 1. The third-order valence-corrected chi connectivity index (χ3v) is 4.36. The van der Waals surface area contributed by atoms with Gasteiger partial charge in [-0.15, -0.1) is 0 Å². The second-order valence-electron chi connectivity index (χ2n) is 5.87. The van der Waals surface area contributed by atoms with Crippen LogP contribution in [0, 0.1) is 6.92 Å². The van der Waals surface area contributed by atoms with Crippen LogP contribution in [0.3, 0.4) is 0 Å². The van der Waals surface area contributed by atoms with E-state index in [9.17, 15) is 5.11 Å². The second-order valence-corrected chi connectivity index (χ2v) is 5.87. The summed E-state index contributed by atoms with van der Waals surface area (Å²) >= 11 is 0. The molecule has 1 aliphatic carbocycles. The molecule has 1 heterocycles. The van der Waals surface area contributed by atoms with E-state index in [-0.39, 0.29) is 6.04 Å². The van der Waals surface area contributed by atoms with Gasteiger partial charge in [0.15, 0.2) is 0 Å². The zero-order chi connectivity index (χ0) is 15.0. The van der Waals surface area contributed by atoms with Gasteiger partial charge in [0.2, 0.25) is 5.89 Å². The number of fused-ring (bicyclic) bond motifs is 1. The van der Waals surface area contributed by atoms with Crippen molar-refractivity contribution in [2.75, 3.05) is 0 Å². The minimum atomic E-state index is 0.159. The third kappa shape index (κ3) is 2.56. The van der Waals surface area contributed by atoms with Gasteiger partial charge in [0, 0.05) is 18.0 Å². The number of rotatable bonds is 4. The molecule has 0 saturated carbocycles. The highest BCUT2D eigenvalue weighted by Gasteiger charge is 2.32. The summed E-state index contributed by atoms with van der Waals surface area (Å²) in [6.45, 7) is 6.96. The largest absolute Gasteiger partial charge is 0.508 e. The number of hydrogen-bond acceptors (Lipinski definition) is 4. The average molecular weight is 286 g/mol. The van der Waals surface area contributed by atoms with Crippen molar-refractivity contribution in [3.8, 4) is 5.75 Å². The van der Waals surface area contributed by atoms with Crippen molar-refractivity contribution in [1.82, 2.24) is 10.3 Å². The van der Waals surface area contributed by atoms with Gasteiger partial charge in [-0.3, -0.25) is 0 Å². The van der Waals surface area contributed by atoms with Crippen LogP contribution in [0.4, 0.5) is 0 Å². The number of aryl methyl sites for hydroxylation is 2. The zero-order valence-corrected chi connectivity index (χ0v) is 12.8. The van der Waals surface area contributed by atoms with Crippen molar-refractivity contribution < 1.29 is 9.52 Å². The number of aromatic nitrogens is 1. The maximum Gasteiger partial charge on any atom is 0.208 e. The fraction of sp³-hybridized carbons (Fsp3) is 0.471. The molecule has 112 valence electrons. The Bertz CT molecular complexity index is 648. The molecule has 2 aromatic rings. The molecular weight excluding hydrogens is 264 g/mol. The Balaban J connectivity index is 1.78. The number of benzene rings is 1. The molecule has 2 unspecified atom stereocenters. The van der Waals surface area contributed by atoms with E-state index >= 15 is 0 Å². The number of oxazole rings is 1. The molecule has 3 rings (SSSR count). The van der Waals surface area contributed by atoms with Crippen molar-refractivity contribution in [3.63, 3.8) is 0 Å². The lowest BCUT2D eigenvalue weighted by Gasteiger charge is -2.14. The first-order valence-corrected chi connectivity index (χ1v) is 7.59. The molecule has 0 spiro atoms. The summed E-state index contributed by atoms with van der Waals surface area (Å²) in [5.41, 5.74) is 3.59. The Kier molecular flexibility index (Phi) is 3.72. The molecule has 4 nitrogen and oxygen atoms in total. The Labute approximate surface area is 125 Å². The summed E-state index contributed by atoms with van der Waals surface area (Å²) in [5.74, 6) is 2.46. The van der Waals surface area contributed by atoms with E-state index in [1.54, 1.807) is 12.3 Å².